The van der Waals surface area contributed by atoms with Gasteiger partial charge >= 0.3 is 0 Å². The van der Waals surface area contributed by atoms with Crippen molar-refractivity contribution in [2.24, 2.45) is 0 Å². The fourth-order valence-corrected chi connectivity index (χ4v) is 4.10. The molecule has 0 bridgehead atoms. The maximum atomic E-state index is 12.6. The van der Waals surface area contributed by atoms with Crippen molar-refractivity contribution in [3.8, 4) is 5.69 Å². The van der Waals surface area contributed by atoms with Crippen LogP contribution >= 0.6 is 11.8 Å². The molecule has 0 atom stereocenters. The third-order valence-electron chi connectivity index (χ3n) is 4.64. The Bertz CT molecular complexity index is 932. The number of aromatic nitrogens is 3. The molecule has 0 unspecified atom stereocenters. The van der Waals surface area contributed by atoms with Crippen LogP contribution in [0.15, 0.2) is 53.9 Å². The highest BCUT2D eigenvalue weighted by atomic mass is 32.2. The summed E-state index contributed by atoms with van der Waals surface area (Å²) in [5.41, 5.74) is 5.71. The minimum atomic E-state index is 0.138. The number of aryl methyl sites for hydroxylation is 3. The average molecular weight is 349 g/mol. The topological polar surface area (TPSA) is 47.8 Å². The average Bonchev–Trinajstić information content (AvgIpc) is 3.28. The second kappa shape index (κ2) is 6.84. The van der Waals surface area contributed by atoms with E-state index in [0.29, 0.717) is 5.75 Å². The van der Waals surface area contributed by atoms with Crippen LogP contribution in [0, 0.1) is 6.92 Å². The molecule has 4 rings (SSSR count). The van der Waals surface area contributed by atoms with Crippen LogP contribution in [0.25, 0.3) is 5.69 Å². The first-order valence-electron chi connectivity index (χ1n) is 8.46. The third kappa shape index (κ3) is 3.24. The summed E-state index contributed by atoms with van der Waals surface area (Å²) >= 11 is 1.43. The Hall–Kier alpha value is -2.40. The Morgan fingerprint density at radius 2 is 2.00 bits per heavy atom. The molecule has 1 aliphatic carbocycles. The number of fused-ring (bicyclic) bond motifs is 1. The molecule has 0 amide bonds. The van der Waals surface area contributed by atoms with E-state index in [9.17, 15) is 4.79 Å². The van der Waals surface area contributed by atoms with E-state index in [0.717, 1.165) is 34.8 Å². The molecule has 3 aromatic rings. The van der Waals surface area contributed by atoms with Gasteiger partial charge in [0.1, 0.15) is 6.33 Å². The van der Waals surface area contributed by atoms with Crippen molar-refractivity contribution in [2.45, 2.75) is 31.3 Å². The summed E-state index contributed by atoms with van der Waals surface area (Å²) < 4.78 is 1.94. The maximum absolute atomic E-state index is 12.6. The SMILES string of the molecule is Cc1ccccc1-n1cnnc1SCC(=O)c1ccc2c(c1)CCC2. The molecule has 126 valence electrons. The number of Topliss-reactive ketones (excluding diaryl/α,β-unsaturated/α-hetero) is 1. The van der Waals surface area contributed by atoms with Gasteiger partial charge in [-0.05, 0) is 55.0 Å². The second-order valence-corrected chi connectivity index (χ2v) is 7.26. The predicted molar refractivity (Wildman–Crippen MR) is 99.6 cm³/mol. The molecule has 0 saturated carbocycles. The molecule has 5 heteroatoms. The Balaban J connectivity index is 1.50. The van der Waals surface area contributed by atoms with Crippen molar-refractivity contribution in [3.63, 3.8) is 0 Å². The van der Waals surface area contributed by atoms with Crippen LogP contribution in [0.3, 0.4) is 0 Å². The quantitative estimate of drug-likeness (QED) is 0.515. The van der Waals surface area contributed by atoms with Crippen molar-refractivity contribution < 1.29 is 4.79 Å². The number of thioether (sulfide) groups is 1. The molecule has 4 nitrogen and oxygen atoms in total. The van der Waals surface area contributed by atoms with Gasteiger partial charge in [-0.1, -0.05) is 42.1 Å². The Morgan fingerprint density at radius 3 is 2.88 bits per heavy atom. The summed E-state index contributed by atoms with van der Waals surface area (Å²) in [6.07, 6.45) is 5.12. The molecule has 2 aromatic carbocycles. The molecular formula is C20H19N3OS. The Kier molecular flexibility index (Phi) is 4.40. The smallest absolute Gasteiger partial charge is 0.196 e. The number of carbonyl (C=O) groups excluding carboxylic acids is 1. The number of ketones is 1. The summed E-state index contributed by atoms with van der Waals surface area (Å²) in [6.45, 7) is 2.06. The molecule has 0 saturated heterocycles. The second-order valence-electron chi connectivity index (χ2n) is 6.32. The first-order valence-corrected chi connectivity index (χ1v) is 9.45. The molecule has 1 aromatic heterocycles. The molecule has 0 N–H and O–H groups in total. The molecule has 0 spiro atoms. The van der Waals surface area contributed by atoms with Gasteiger partial charge in [-0.15, -0.1) is 10.2 Å². The Morgan fingerprint density at radius 1 is 1.16 bits per heavy atom. The lowest BCUT2D eigenvalue weighted by Gasteiger charge is -2.09. The monoisotopic (exact) mass is 349 g/mol. The van der Waals surface area contributed by atoms with Gasteiger partial charge in [-0.3, -0.25) is 9.36 Å². The van der Waals surface area contributed by atoms with Crippen molar-refractivity contribution in [3.05, 3.63) is 71.0 Å². The van der Waals surface area contributed by atoms with E-state index in [-0.39, 0.29) is 5.78 Å². The van der Waals surface area contributed by atoms with Gasteiger partial charge in [-0.25, -0.2) is 0 Å². The van der Waals surface area contributed by atoms with Crippen LogP contribution in [0.4, 0.5) is 0 Å². The molecule has 1 aliphatic rings. The van der Waals surface area contributed by atoms with E-state index in [1.807, 2.05) is 28.8 Å². The van der Waals surface area contributed by atoms with Crippen LogP contribution in [0.5, 0.6) is 0 Å². The lowest BCUT2D eigenvalue weighted by molar-refractivity contribution is 0.102. The fraction of sp³-hybridized carbons (Fsp3) is 0.250. The summed E-state index contributed by atoms with van der Waals surface area (Å²) in [7, 11) is 0. The molecule has 1 heterocycles. The first kappa shape index (κ1) is 16.1. The zero-order valence-corrected chi connectivity index (χ0v) is 14.9. The van der Waals surface area contributed by atoms with Gasteiger partial charge < -0.3 is 0 Å². The Labute approximate surface area is 151 Å². The molecule has 0 aliphatic heterocycles. The van der Waals surface area contributed by atoms with Crippen molar-refractivity contribution in [1.82, 2.24) is 14.8 Å². The zero-order valence-electron chi connectivity index (χ0n) is 14.1. The lowest BCUT2D eigenvalue weighted by Crippen LogP contribution is -2.05. The number of hydrogen-bond acceptors (Lipinski definition) is 4. The number of carbonyl (C=O) groups is 1. The zero-order chi connectivity index (χ0) is 17.2. The van der Waals surface area contributed by atoms with Gasteiger partial charge in [-0.2, -0.15) is 0 Å². The van der Waals surface area contributed by atoms with E-state index in [4.69, 9.17) is 0 Å². The third-order valence-corrected chi connectivity index (χ3v) is 5.59. The highest BCUT2D eigenvalue weighted by Gasteiger charge is 2.16. The van der Waals surface area contributed by atoms with Crippen molar-refractivity contribution in [1.29, 1.82) is 0 Å². The van der Waals surface area contributed by atoms with E-state index in [2.05, 4.69) is 35.3 Å². The standard InChI is InChI=1S/C20H19N3OS/c1-14-5-2-3-8-18(14)23-13-21-22-20(23)25-12-19(24)17-10-9-15-6-4-7-16(15)11-17/h2-3,5,8-11,13H,4,6-7,12H2,1H3. The van der Waals surface area contributed by atoms with Gasteiger partial charge in [0.15, 0.2) is 10.9 Å². The van der Waals surface area contributed by atoms with Crippen LogP contribution < -0.4 is 0 Å². The molecule has 0 radical (unpaired) electrons. The van der Waals surface area contributed by atoms with Gasteiger partial charge in [0, 0.05) is 5.56 Å². The molecule has 0 fully saturated rings. The van der Waals surface area contributed by atoms with Crippen LogP contribution in [-0.4, -0.2) is 26.3 Å². The number of para-hydroxylation sites is 1. The summed E-state index contributed by atoms with van der Waals surface area (Å²) in [5.74, 6) is 0.502. The fourth-order valence-electron chi connectivity index (χ4n) is 3.28. The summed E-state index contributed by atoms with van der Waals surface area (Å²) in [5, 5.41) is 8.94. The van der Waals surface area contributed by atoms with E-state index in [1.54, 1.807) is 6.33 Å². The van der Waals surface area contributed by atoms with Crippen LogP contribution in [-0.2, 0) is 12.8 Å². The maximum Gasteiger partial charge on any atom is 0.196 e. The van der Waals surface area contributed by atoms with Crippen LogP contribution in [0.2, 0.25) is 0 Å². The lowest BCUT2D eigenvalue weighted by atomic mass is 10.0. The highest BCUT2D eigenvalue weighted by molar-refractivity contribution is 7.99. The van der Waals surface area contributed by atoms with E-state index in [1.165, 1.54) is 29.3 Å². The predicted octanol–water partition coefficient (Wildman–Crippen LogP) is 4.04. The summed E-state index contributed by atoms with van der Waals surface area (Å²) in [6, 6.07) is 14.2. The van der Waals surface area contributed by atoms with E-state index >= 15 is 0 Å². The number of benzene rings is 2. The van der Waals surface area contributed by atoms with Gasteiger partial charge in [0.2, 0.25) is 0 Å². The minimum Gasteiger partial charge on any atom is -0.293 e. The van der Waals surface area contributed by atoms with Gasteiger partial charge in [0.05, 0.1) is 11.4 Å². The number of hydrogen-bond donors (Lipinski definition) is 0. The first-order chi connectivity index (χ1) is 12.2. The molecule has 25 heavy (non-hydrogen) atoms. The van der Waals surface area contributed by atoms with Gasteiger partial charge in [0.25, 0.3) is 0 Å². The van der Waals surface area contributed by atoms with E-state index < -0.39 is 0 Å². The number of nitrogens with zero attached hydrogens (tertiary/aromatic N) is 3. The minimum absolute atomic E-state index is 0.138. The van der Waals surface area contributed by atoms with Crippen molar-refractivity contribution in [2.75, 3.05) is 5.75 Å². The van der Waals surface area contributed by atoms with Crippen LogP contribution in [0.1, 0.15) is 33.5 Å². The normalized spacial score (nSPS) is 13.0. The largest absolute Gasteiger partial charge is 0.293 e. The highest BCUT2D eigenvalue weighted by Crippen LogP contribution is 2.25. The molecular weight excluding hydrogens is 330 g/mol. The summed E-state index contributed by atoms with van der Waals surface area (Å²) in [4.78, 5) is 12.6. The number of rotatable bonds is 5. The van der Waals surface area contributed by atoms with Crippen molar-refractivity contribution >= 4 is 17.5 Å².